The molecule has 0 aromatic carbocycles. The summed E-state index contributed by atoms with van der Waals surface area (Å²) >= 11 is 0. The van der Waals surface area contributed by atoms with Crippen molar-refractivity contribution in [1.82, 2.24) is 4.98 Å². The molecule has 15 heavy (non-hydrogen) atoms. The lowest BCUT2D eigenvalue weighted by molar-refractivity contribution is 0.413. The van der Waals surface area contributed by atoms with Gasteiger partial charge >= 0.3 is 0 Å². The van der Waals surface area contributed by atoms with Crippen LogP contribution in [0.25, 0.3) is 0 Å². The first-order valence-corrected chi connectivity index (χ1v) is 5.36. The minimum Gasteiger partial charge on any atom is -0.357 e. The van der Waals surface area contributed by atoms with Crippen molar-refractivity contribution in [2.75, 3.05) is 24.5 Å². The molecule has 1 aromatic heterocycles. The highest BCUT2D eigenvalue weighted by Gasteiger charge is 2.18. The van der Waals surface area contributed by atoms with Gasteiger partial charge in [-0.25, -0.2) is 9.37 Å². The lowest BCUT2D eigenvalue weighted by atomic mass is 9.97. The third-order valence-corrected chi connectivity index (χ3v) is 2.98. The fourth-order valence-electron chi connectivity index (χ4n) is 1.95. The van der Waals surface area contributed by atoms with Crippen LogP contribution < -0.4 is 10.6 Å². The molecule has 2 N–H and O–H groups in total. The SMILES string of the molecule is NCC1CCN(c2ccc(F)cn2)CC1. The molecule has 1 aromatic rings. The standard InChI is InChI=1S/C11H16FN3/c12-10-1-2-11(14-8-10)15-5-3-9(7-13)4-6-15/h1-2,8-9H,3-7,13H2. The zero-order valence-corrected chi connectivity index (χ0v) is 8.69. The van der Waals surface area contributed by atoms with Crippen LogP contribution in [0.5, 0.6) is 0 Å². The van der Waals surface area contributed by atoms with E-state index < -0.39 is 0 Å². The fraction of sp³-hybridized carbons (Fsp3) is 0.545. The number of rotatable bonds is 2. The third kappa shape index (κ3) is 2.45. The topological polar surface area (TPSA) is 42.1 Å². The quantitative estimate of drug-likeness (QED) is 0.800. The van der Waals surface area contributed by atoms with Gasteiger partial charge in [0.05, 0.1) is 6.20 Å². The van der Waals surface area contributed by atoms with Gasteiger partial charge in [-0.2, -0.15) is 0 Å². The van der Waals surface area contributed by atoms with Crippen molar-refractivity contribution in [2.24, 2.45) is 11.7 Å². The number of nitrogens with zero attached hydrogens (tertiary/aromatic N) is 2. The molecule has 1 saturated heterocycles. The molecule has 4 heteroatoms. The normalized spacial score (nSPS) is 18.1. The van der Waals surface area contributed by atoms with Crippen LogP contribution >= 0.6 is 0 Å². The predicted octanol–water partition coefficient (Wildman–Crippen LogP) is 1.40. The Balaban J connectivity index is 1.98. The van der Waals surface area contributed by atoms with Crippen LogP contribution in [0.15, 0.2) is 18.3 Å². The third-order valence-electron chi connectivity index (χ3n) is 2.98. The molecule has 82 valence electrons. The first-order valence-electron chi connectivity index (χ1n) is 5.36. The second-order valence-electron chi connectivity index (χ2n) is 4.00. The van der Waals surface area contributed by atoms with Crippen molar-refractivity contribution in [3.05, 3.63) is 24.1 Å². The average Bonchev–Trinajstić information content (AvgIpc) is 2.30. The van der Waals surface area contributed by atoms with Gasteiger partial charge in [-0.15, -0.1) is 0 Å². The number of pyridine rings is 1. The van der Waals surface area contributed by atoms with Gasteiger partial charge < -0.3 is 10.6 Å². The summed E-state index contributed by atoms with van der Waals surface area (Å²) in [6, 6.07) is 3.19. The fourth-order valence-corrected chi connectivity index (χ4v) is 1.95. The highest BCUT2D eigenvalue weighted by Crippen LogP contribution is 2.20. The minimum atomic E-state index is -0.282. The summed E-state index contributed by atoms with van der Waals surface area (Å²) in [5.74, 6) is 1.23. The van der Waals surface area contributed by atoms with Crippen LogP contribution in [0.2, 0.25) is 0 Å². The van der Waals surface area contributed by atoms with Gasteiger partial charge in [0.1, 0.15) is 11.6 Å². The Morgan fingerprint density at radius 3 is 2.67 bits per heavy atom. The van der Waals surface area contributed by atoms with E-state index in [2.05, 4.69) is 9.88 Å². The molecule has 3 nitrogen and oxygen atoms in total. The van der Waals surface area contributed by atoms with Gasteiger partial charge in [0.15, 0.2) is 0 Å². The summed E-state index contributed by atoms with van der Waals surface area (Å²) in [4.78, 5) is 6.26. The Morgan fingerprint density at radius 1 is 1.40 bits per heavy atom. The van der Waals surface area contributed by atoms with Crippen LogP contribution in [0, 0.1) is 11.7 Å². The molecule has 0 aliphatic carbocycles. The first kappa shape index (κ1) is 10.4. The molecule has 0 saturated carbocycles. The largest absolute Gasteiger partial charge is 0.357 e. The van der Waals surface area contributed by atoms with E-state index in [-0.39, 0.29) is 5.82 Å². The molecule has 0 radical (unpaired) electrons. The second-order valence-corrected chi connectivity index (χ2v) is 4.00. The molecule has 2 heterocycles. The van der Waals surface area contributed by atoms with Crippen molar-refractivity contribution < 1.29 is 4.39 Å². The van der Waals surface area contributed by atoms with E-state index in [1.165, 1.54) is 12.3 Å². The maximum atomic E-state index is 12.7. The molecule has 0 spiro atoms. The van der Waals surface area contributed by atoms with E-state index in [0.29, 0.717) is 5.92 Å². The van der Waals surface area contributed by atoms with Crippen LogP contribution in [0.1, 0.15) is 12.8 Å². The average molecular weight is 209 g/mol. The predicted molar refractivity (Wildman–Crippen MR) is 58.2 cm³/mol. The number of piperidine rings is 1. The highest BCUT2D eigenvalue weighted by atomic mass is 19.1. The maximum absolute atomic E-state index is 12.7. The number of anilines is 1. The molecule has 1 aliphatic heterocycles. The van der Waals surface area contributed by atoms with Crippen molar-refractivity contribution in [1.29, 1.82) is 0 Å². The summed E-state index contributed by atoms with van der Waals surface area (Å²) in [7, 11) is 0. The zero-order chi connectivity index (χ0) is 10.7. The maximum Gasteiger partial charge on any atom is 0.141 e. The van der Waals surface area contributed by atoms with Crippen LogP contribution in [-0.2, 0) is 0 Å². The summed E-state index contributed by atoms with van der Waals surface area (Å²) in [5.41, 5.74) is 5.62. The molecular weight excluding hydrogens is 193 g/mol. The monoisotopic (exact) mass is 209 g/mol. The number of nitrogens with two attached hydrogens (primary N) is 1. The molecule has 0 unspecified atom stereocenters. The smallest absolute Gasteiger partial charge is 0.141 e. The van der Waals surface area contributed by atoms with Crippen LogP contribution in [-0.4, -0.2) is 24.6 Å². The Bertz CT molecular complexity index is 304. The molecule has 2 rings (SSSR count). The van der Waals surface area contributed by atoms with Gasteiger partial charge in [0.25, 0.3) is 0 Å². The molecule has 0 amide bonds. The van der Waals surface area contributed by atoms with Gasteiger partial charge in [-0.1, -0.05) is 0 Å². The van der Waals surface area contributed by atoms with Gasteiger partial charge in [0, 0.05) is 13.1 Å². The van der Waals surface area contributed by atoms with Gasteiger partial charge in [-0.05, 0) is 37.4 Å². The van der Waals surface area contributed by atoms with E-state index in [4.69, 9.17) is 5.73 Å². The van der Waals surface area contributed by atoms with Gasteiger partial charge in [0.2, 0.25) is 0 Å². The first-order chi connectivity index (χ1) is 7.29. The minimum absolute atomic E-state index is 0.282. The van der Waals surface area contributed by atoms with Crippen LogP contribution in [0.3, 0.4) is 0 Å². The lowest BCUT2D eigenvalue weighted by Gasteiger charge is -2.32. The molecule has 1 fully saturated rings. The summed E-state index contributed by atoms with van der Waals surface area (Å²) in [6.45, 7) is 2.71. The summed E-state index contributed by atoms with van der Waals surface area (Å²) in [6.07, 6.45) is 3.48. The van der Waals surface area contributed by atoms with Crippen molar-refractivity contribution in [2.45, 2.75) is 12.8 Å². The number of aromatic nitrogens is 1. The number of hydrogen-bond acceptors (Lipinski definition) is 3. The van der Waals surface area contributed by atoms with Crippen molar-refractivity contribution in [3.8, 4) is 0 Å². The second kappa shape index (κ2) is 4.57. The Hall–Kier alpha value is -1.16. The van der Waals surface area contributed by atoms with E-state index in [1.54, 1.807) is 6.07 Å². The van der Waals surface area contributed by atoms with E-state index >= 15 is 0 Å². The van der Waals surface area contributed by atoms with Crippen molar-refractivity contribution in [3.63, 3.8) is 0 Å². The van der Waals surface area contributed by atoms with E-state index in [0.717, 1.165) is 38.3 Å². The van der Waals surface area contributed by atoms with E-state index in [9.17, 15) is 4.39 Å². The summed E-state index contributed by atoms with van der Waals surface area (Å²) in [5, 5.41) is 0. The van der Waals surface area contributed by atoms with E-state index in [1.807, 2.05) is 0 Å². The zero-order valence-electron chi connectivity index (χ0n) is 8.69. The molecule has 1 aliphatic rings. The number of halogens is 1. The highest BCUT2D eigenvalue weighted by molar-refractivity contribution is 5.38. The number of hydrogen-bond donors (Lipinski definition) is 1. The molecule has 0 atom stereocenters. The Kier molecular flexibility index (Phi) is 3.16. The van der Waals surface area contributed by atoms with Gasteiger partial charge in [-0.3, -0.25) is 0 Å². The Labute approximate surface area is 89.1 Å². The lowest BCUT2D eigenvalue weighted by Crippen LogP contribution is -2.36. The molecular formula is C11H16FN3. The molecule has 0 bridgehead atoms. The Morgan fingerprint density at radius 2 is 2.13 bits per heavy atom. The summed E-state index contributed by atoms with van der Waals surface area (Å²) < 4.78 is 12.7. The van der Waals surface area contributed by atoms with Crippen LogP contribution in [0.4, 0.5) is 10.2 Å². The van der Waals surface area contributed by atoms with Crippen molar-refractivity contribution >= 4 is 5.82 Å².